The molecular weight excluding hydrogens is 435 g/mol. The highest BCUT2D eigenvalue weighted by Gasteiger charge is 2.31. The fraction of sp³-hybridized carbons (Fsp3) is 0.174. The predicted molar refractivity (Wildman–Crippen MR) is 123 cm³/mol. The standard InChI is InChI=1S/C23H23FN2O3S2/c1-3-21(26(31(2,28)29)18-15-13-17(24)14-16-18)23(27)25-20-11-7-8-12-22(20)30-19-9-5-4-6-10-19/h4-16,21H,3H2,1-2H3,(H,25,27). The Bertz CT molecular complexity index is 1140. The lowest BCUT2D eigenvalue weighted by Gasteiger charge is -2.30. The van der Waals surface area contributed by atoms with Crippen molar-refractivity contribution in [1.29, 1.82) is 0 Å². The van der Waals surface area contributed by atoms with Gasteiger partial charge in [-0.3, -0.25) is 9.10 Å². The molecular formula is C23H23FN2O3S2. The zero-order chi connectivity index (χ0) is 22.4. The van der Waals surface area contributed by atoms with Gasteiger partial charge in [0.05, 0.1) is 17.6 Å². The number of para-hydroxylation sites is 1. The SMILES string of the molecule is CCC(C(=O)Nc1ccccc1Sc1ccccc1)N(c1ccc(F)cc1)S(C)(=O)=O. The maximum absolute atomic E-state index is 13.3. The number of nitrogens with zero attached hydrogens (tertiary/aromatic N) is 1. The van der Waals surface area contributed by atoms with Crippen LogP contribution in [0.15, 0.2) is 88.7 Å². The summed E-state index contributed by atoms with van der Waals surface area (Å²) in [6, 6.07) is 21.1. The van der Waals surface area contributed by atoms with Gasteiger partial charge in [0.25, 0.3) is 0 Å². The van der Waals surface area contributed by atoms with Gasteiger partial charge in [-0.2, -0.15) is 0 Å². The first-order valence-corrected chi connectivity index (χ1v) is 12.3. The summed E-state index contributed by atoms with van der Waals surface area (Å²) in [6.07, 6.45) is 1.27. The number of amides is 1. The Labute approximate surface area is 186 Å². The van der Waals surface area contributed by atoms with Gasteiger partial charge in [0, 0.05) is 9.79 Å². The summed E-state index contributed by atoms with van der Waals surface area (Å²) in [5, 5.41) is 2.88. The van der Waals surface area contributed by atoms with Crippen molar-refractivity contribution >= 4 is 39.1 Å². The number of hydrogen-bond acceptors (Lipinski definition) is 4. The van der Waals surface area contributed by atoms with E-state index in [1.165, 1.54) is 36.0 Å². The Morgan fingerprint density at radius 3 is 2.23 bits per heavy atom. The molecule has 1 atom stereocenters. The van der Waals surface area contributed by atoms with Crippen LogP contribution in [0.3, 0.4) is 0 Å². The summed E-state index contributed by atoms with van der Waals surface area (Å²) in [7, 11) is -3.79. The van der Waals surface area contributed by atoms with E-state index in [0.29, 0.717) is 5.69 Å². The fourth-order valence-corrected chi connectivity index (χ4v) is 5.27. The maximum atomic E-state index is 13.3. The Morgan fingerprint density at radius 2 is 1.61 bits per heavy atom. The minimum atomic E-state index is -3.79. The highest BCUT2D eigenvalue weighted by molar-refractivity contribution is 7.99. The van der Waals surface area contributed by atoms with Gasteiger partial charge in [-0.1, -0.05) is 49.0 Å². The van der Waals surface area contributed by atoms with E-state index in [0.717, 1.165) is 20.4 Å². The van der Waals surface area contributed by atoms with Crippen LogP contribution in [-0.4, -0.2) is 26.6 Å². The molecule has 31 heavy (non-hydrogen) atoms. The molecule has 162 valence electrons. The molecule has 0 aliphatic carbocycles. The topological polar surface area (TPSA) is 66.5 Å². The van der Waals surface area contributed by atoms with Gasteiger partial charge in [0.1, 0.15) is 11.9 Å². The third-order valence-electron chi connectivity index (χ3n) is 4.53. The normalized spacial score (nSPS) is 12.2. The van der Waals surface area contributed by atoms with Gasteiger partial charge in [-0.15, -0.1) is 0 Å². The molecule has 1 unspecified atom stereocenters. The van der Waals surface area contributed by atoms with Crippen molar-refractivity contribution in [3.8, 4) is 0 Å². The molecule has 8 heteroatoms. The summed E-state index contributed by atoms with van der Waals surface area (Å²) in [5.41, 5.74) is 0.824. The number of halogens is 1. The molecule has 0 saturated heterocycles. The van der Waals surface area contributed by atoms with Gasteiger partial charge < -0.3 is 5.32 Å². The third kappa shape index (κ3) is 5.86. The van der Waals surface area contributed by atoms with E-state index >= 15 is 0 Å². The lowest BCUT2D eigenvalue weighted by Crippen LogP contribution is -2.47. The van der Waals surface area contributed by atoms with E-state index in [4.69, 9.17) is 0 Å². The molecule has 0 spiro atoms. The van der Waals surface area contributed by atoms with Crippen molar-refractivity contribution in [2.45, 2.75) is 29.2 Å². The van der Waals surface area contributed by atoms with Crippen LogP contribution in [0.5, 0.6) is 0 Å². The van der Waals surface area contributed by atoms with Gasteiger partial charge >= 0.3 is 0 Å². The van der Waals surface area contributed by atoms with E-state index in [1.54, 1.807) is 19.1 Å². The number of nitrogens with one attached hydrogen (secondary N) is 1. The van der Waals surface area contributed by atoms with E-state index in [1.807, 2.05) is 42.5 Å². The zero-order valence-electron chi connectivity index (χ0n) is 17.2. The molecule has 1 amide bonds. The monoisotopic (exact) mass is 458 g/mol. The highest BCUT2D eigenvalue weighted by atomic mass is 32.2. The van der Waals surface area contributed by atoms with Crippen LogP contribution in [0.1, 0.15) is 13.3 Å². The molecule has 0 aliphatic rings. The van der Waals surface area contributed by atoms with Crippen molar-refractivity contribution in [1.82, 2.24) is 0 Å². The number of carbonyl (C=O) groups is 1. The van der Waals surface area contributed by atoms with Crippen molar-refractivity contribution in [2.75, 3.05) is 15.9 Å². The first-order chi connectivity index (χ1) is 14.8. The van der Waals surface area contributed by atoms with Crippen LogP contribution in [0, 0.1) is 5.82 Å². The molecule has 0 fully saturated rings. The molecule has 0 radical (unpaired) electrons. The molecule has 3 aromatic rings. The minimum Gasteiger partial charge on any atom is -0.323 e. The second-order valence-electron chi connectivity index (χ2n) is 6.86. The second kappa shape index (κ2) is 9.98. The van der Waals surface area contributed by atoms with Crippen molar-refractivity contribution in [3.63, 3.8) is 0 Å². The van der Waals surface area contributed by atoms with Crippen LogP contribution in [0.2, 0.25) is 0 Å². The highest BCUT2D eigenvalue weighted by Crippen LogP contribution is 2.33. The first-order valence-electron chi connectivity index (χ1n) is 9.67. The molecule has 0 saturated carbocycles. The summed E-state index contributed by atoms with van der Waals surface area (Å²) in [4.78, 5) is 15.0. The van der Waals surface area contributed by atoms with Crippen LogP contribution in [0.25, 0.3) is 0 Å². The smallest absolute Gasteiger partial charge is 0.248 e. The molecule has 3 aromatic carbocycles. The molecule has 3 rings (SSSR count). The number of sulfonamides is 1. The van der Waals surface area contributed by atoms with Crippen molar-refractivity contribution in [2.24, 2.45) is 0 Å². The molecule has 0 bridgehead atoms. The van der Waals surface area contributed by atoms with Gasteiger partial charge in [0.15, 0.2) is 0 Å². The number of carbonyl (C=O) groups excluding carboxylic acids is 1. The Balaban J connectivity index is 1.89. The zero-order valence-corrected chi connectivity index (χ0v) is 18.8. The summed E-state index contributed by atoms with van der Waals surface area (Å²) in [6.45, 7) is 1.73. The van der Waals surface area contributed by atoms with Crippen LogP contribution < -0.4 is 9.62 Å². The quantitative estimate of drug-likeness (QED) is 0.506. The van der Waals surface area contributed by atoms with Crippen LogP contribution in [0.4, 0.5) is 15.8 Å². The lowest BCUT2D eigenvalue weighted by atomic mass is 10.1. The van der Waals surface area contributed by atoms with Gasteiger partial charge in [-0.25, -0.2) is 12.8 Å². The van der Waals surface area contributed by atoms with Crippen LogP contribution >= 0.6 is 11.8 Å². The molecule has 0 heterocycles. The minimum absolute atomic E-state index is 0.234. The first kappa shape index (κ1) is 22.8. The number of rotatable bonds is 8. The summed E-state index contributed by atoms with van der Waals surface area (Å²) in [5.74, 6) is -0.945. The fourth-order valence-electron chi connectivity index (χ4n) is 3.14. The average Bonchev–Trinajstić information content (AvgIpc) is 2.74. The molecule has 1 N–H and O–H groups in total. The third-order valence-corrected chi connectivity index (χ3v) is 6.79. The number of hydrogen-bond donors (Lipinski definition) is 1. The van der Waals surface area contributed by atoms with Gasteiger partial charge in [-0.05, 0) is 55.0 Å². The second-order valence-corrected chi connectivity index (χ2v) is 9.83. The van der Waals surface area contributed by atoms with E-state index < -0.39 is 27.8 Å². The number of benzene rings is 3. The molecule has 0 aliphatic heterocycles. The van der Waals surface area contributed by atoms with E-state index in [9.17, 15) is 17.6 Å². The largest absolute Gasteiger partial charge is 0.323 e. The Hall–Kier alpha value is -2.84. The lowest BCUT2D eigenvalue weighted by molar-refractivity contribution is -0.117. The molecule has 5 nitrogen and oxygen atoms in total. The number of anilines is 2. The van der Waals surface area contributed by atoms with E-state index in [2.05, 4.69) is 5.32 Å². The maximum Gasteiger partial charge on any atom is 0.248 e. The van der Waals surface area contributed by atoms with Crippen molar-refractivity contribution < 1.29 is 17.6 Å². The Morgan fingerprint density at radius 1 is 1.00 bits per heavy atom. The Kier molecular flexibility index (Phi) is 7.35. The van der Waals surface area contributed by atoms with Crippen molar-refractivity contribution in [3.05, 3.63) is 84.7 Å². The predicted octanol–water partition coefficient (Wildman–Crippen LogP) is 5.16. The summed E-state index contributed by atoms with van der Waals surface area (Å²) >= 11 is 1.50. The average molecular weight is 459 g/mol. The van der Waals surface area contributed by atoms with Gasteiger partial charge in [0.2, 0.25) is 15.9 Å². The summed E-state index contributed by atoms with van der Waals surface area (Å²) < 4.78 is 39.4. The molecule has 0 aromatic heterocycles. The van der Waals surface area contributed by atoms with Crippen LogP contribution in [-0.2, 0) is 14.8 Å². The van der Waals surface area contributed by atoms with E-state index in [-0.39, 0.29) is 12.1 Å².